The van der Waals surface area contributed by atoms with E-state index in [2.05, 4.69) is 17.2 Å². The zero-order valence-electron chi connectivity index (χ0n) is 6.48. The van der Waals surface area contributed by atoms with Crippen LogP contribution in [0.2, 0.25) is 0 Å². The quantitative estimate of drug-likeness (QED) is 0.440. The van der Waals surface area contributed by atoms with Gasteiger partial charge in [-0.15, -0.1) is 5.92 Å². The summed E-state index contributed by atoms with van der Waals surface area (Å²) in [6.45, 7) is 2.66. The van der Waals surface area contributed by atoms with E-state index >= 15 is 0 Å². The Morgan fingerprint density at radius 3 is 2.82 bits per heavy atom. The minimum absolute atomic E-state index is 0.111. The molecule has 60 valence electrons. The van der Waals surface area contributed by atoms with Gasteiger partial charge in [0.1, 0.15) is 5.54 Å². The van der Waals surface area contributed by atoms with Crippen molar-refractivity contribution in [3.05, 3.63) is 0 Å². The van der Waals surface area contributed by atoms with Crippen LogP contribution < -0.4 is 5.32 Å². The monoisotopic (exact) mass is 153 g/mol. The van der Waals surface area contributed by atoms with Gasteiger partial charge in [0, 0.05) is 13.0 Å². The first-order valence-electron chi connectivity index (χ1n) is 3.65. The third kappa shape index (κ3) is 2.24. The molecule has 1 heterocycles. The molecule has 0 aliphatic carbocycles. The second kappa shape index (κ2) is 2.93. The summed E-state index contributed by atoms with van der Waals surface area (Å²) in [7, 11) is 0. The number of hydrogen-bond acceptors (Lipinski definition) is 2. The molecule has 3 nitrogen and oxygen atoms in total. The van der Waals surface area contributed by atoms with Crippen molar-refractivity contribution in [3.63, 3.8) is 0 Å². The molecule has 0 aromatic heterocycles. The maximum atomic E-state index is 10.3. The highest BCUT2D eigenvalue weighted by Gasteiger charge is 2.42. The number of carboxylic acids is 1. The van der Waals surface area contributed by atoms with Gasteiger partial charge in [-0.05, 0) is 0 Å². The predicted molar refractivity (Wildman–Crippen MR) is 41.1 cm³/mol. The summed E-state index contributed by atoms with van der Waals surface area (Å²) in [4.78, 5) is 10.3. The fraction of sp³-hybridized carbons (Fsp3) is 0.625. The van der Waals surface area contributed by atoms with Crippen LogP contribution in [0.4, 0.5) is 0 Å². The van der Waals surface area contributed by atoms with Crippen LogP contribution in [0.25, 0.3) is 0 Å². The zero-order chi connectivity index (χ0) is 8.32. The standard InChI is InChI=1S/C8H11NO2/c1-2-3-4-8(6-9-8)5-7(10)11/h9H,2,5-6H2,1H3,(H,10,11). The predicted octanol–water partition coefficient (Wildman–Crippen LogP) is 0.216. The van der Waals surface area contributed by atoms with Crippen LogP contribution in [0.1, 0.15) is 19.8 Å². The highest BCUT2D eigenvalue weighted by atomic mass is 16.4. The molecule has 1 aliphatic rings. The van der Waals surface area contributed by atoms with Crippen LogP contribution >= 0.6 is 0 Å². The molecule has 0 bridgehead atoms. The van der Waals surface area contributed by atoms with Gasteiger partial charge in [-0.3, -0.25) is 10.1 Å². The molecule has 0 radical (unpaired) electrons. The molecule has 0 spiro atoms. The highest BCUT2D eigenvalue weighted by molar-refractivity contribution is 5.70. The normalized spacial score (nSPS) is 27.0. The van der Waals surface area contributed by atoms with E-state index in [0.717, 1.165) is 6.42 Å². The van der Waals surface area contributed by atoms with Gasteiger partial charge in [0.2, 0.25) is 0 Å². The smallest absolute Gasteiger partial charge is 0.306 e. The largest absolute Gasteiger partial charge is 0.481 e. The SMILES string of the molecule is CCC#CC1(CC(=O)O)CN1. The van der Waals surface area contributed by atoms with Crippen LogP contribution in [-0.4, -0.2) is 23.2 Å². The molecule has 11 heavy (non-hydrogen) atoms. The van der Waals surface area contributed by atoms with Gasteiger partial charge in [0.05, 0.1) is 6.42 Å². The fourth-order valence-corrected chi connectivity index (χ4v) is 0.880. The first kappa shape index (κ1) is 8.09. The highest BCUT2D eigenvalue weighted by Crippen LogP contribution is 2.20. The molecule has 1 rings (SSSR count). The molecule has 1 unspecified atom stereocenters. The molecule has 0 aromatic rings. The Balaban J connectivity index is 2.47. The molecule has 2 N–H and O–H groups in total. The molecular weight excluding hydrogens is 142 g/mol. The van der Waals surface area contributed by atoms with Gasteiger partial charge in [-0.25, -0.2) is 0 Å². The number of rotatable bonds is 2. The summed E-state index contributed by atoms with van der Waals surface area (Å²) in [5, 5.41) is 11.4. The summed E-state index contributed by atoms with van der Waals surface area (Å²) in [6.07, 6.45) is 0.892. The Morgan fingerprint density at radius 2 is 2.45 bits per heavy atom. The average molecular weight is 153 g/mol. The Kier molecular flexibility index (Phi) is 2.16. The van der Waals surface area contributed by atoms with E-state index in [1.54, 1.807) is 0 Å². The second-order valence-electron chi connectivity index (χ2n) is 2.66. The number of hydrogen-bond donors (Lipinski definition) is 2. The van der Waals surface area contributed by atoms with Gasteiger partial charge in [-0.1, -0.05) is 12.8 Å². The summed E-state index contributed by atoms with van der Waals surface area (Å²) in [5.74, 6) is 5.00. The van der Waals surface area contributed by atoms with E-state index < -0.39 is 5.97 Å². The van der Waals surface area contributed by atoms with Crippen molar-refractivity contribution in [2.24, 2.45) is 0 Å². The first-order valence-corrected chi connectivity index (χ1v) is 3.65. The summed E-state index contributed by atoms with van der Waals surface area (Å²) in [6, 6.07) is 0. The molecule has 3 heteroatoms. The molecule has 1 aliphatic heterocycles. The van der Waals surface area contributed by atoms with Crippen molar-refractivity contribution in [2.45, 2.75) is 25.3 Å². The lowest BCUT2D eigenvalue weighted by Gasteiger charge is -1.98. The van der Waals surface area contributed by atoms with Crippen LogP contribution in [0.5, 0.6) is 0 Å². The minimum Gasteiger partial charge on any atom is -0.481 e. The van der Waals surface area contributed by atoms with Gasteiger partial charge in [0.25, 0.3) is 0 Å². The summed E-state index contributed by atoms with van der Waals surface area (Å²) >= 11 is 0. The Hall–Kier alpha value is -1.01. The number of aliphatic carboxylic acids is 1. The van der Waals surface area contributed by atoms with Crippen molar-refractivity contribution < 1.29 is 9.90 Å². The number of carbonyl (C=O) groups is 1. The van der Waals surface area contributed by atoms with Crippen molar-refractivity contribution >= 4 is 5.97 Å². The van der Waals surface area contributed by atoms with E-state index in [1.165, 1.54) is 0 Å². The molecule has 1 saturated heterocycles. The van der Waals surface area contributed by atoms with Crippen LogP contribution in [-0.2, 0) is 4.79 Å². The summed E-state index contributed by atoms with van der Waals surface area (Å²) in [5.41, 5.74) is -0.387. The van der Waals surface area contributed by atoms with Crippen molar-refractivity contribution in [1.29, 1.82) is 0 Å². The molecule has 0 amide bonds. The van der Waals surface area contributed by atoms with E-state index in [-0.39, 0.29) is 12.0 Å². The van der Waals surface area contributed by atoms with Crippen LogP contribution in [0.15, 0.2) is 0 Å². The molecule has 0 saturated carbocycles. The van der Waals surface area contributed by atoms with Crippen molar-refractivity contribution in [3.8, 4) is 11.8 Å². The number of nitrogens with one attached hydrogen (secondary N) is 1. The average Bonchev–Trinajstić information content (AvgIpc) is 2.64. The van der Waals surface area contributed by atoms with E-state index in [0.29, 0.717) is 6.54 Å². The maximum absolute atomic E-state index is 10.3. The molecule has 1 fully saturated rings. The third-order valence-electron chi connectivity index (χ3n) is 1.56. The van der Waals surface area contributed by atoms with Gasteiger partial charge in [-0.2, -0.15) is 0 Å². The lowest BCUT2D eigenvalue weighted by Crippen LogP contribution is -2.17. The second-order valence-corrected chi connectivity index (χ2v) is 2.66. The number of carboxylic acid groups (broad SMARTS) is 1. The summed E-state index contributed by atoms with van der Waals surface area (Å²) < 4.78 is 0. The van der Waals surface area contributed by atoms with E-state index in [4.69, 9.17) is 5.11 Å². The minimum atomic E-state index is -0.791. The van der Waals surface area contributed by atoms with Gasteiger partial charge >= 0.3 is 5.97 Å². The third-order valence-corrected chi connectivity index (χ3v) is 1.56. The molecular formula is C8H11NO2. The van der Waals surface area contributed by atoms with Crippen LogP contribution in [0, 0.1) is 11.8 Å². The Morgan fingerprint density at radius 1 is 1.82 bits per heavy atom. The lowest BCUT2D eigenvalue weighted by molar-refractivity contribution is -0.137. The van der Waals surface area contributed by atoms with Gasteiger partial charge in [0.15, 0.2) is 0 Å². The topological polar surface area (TPSA) is 59.2 Å². The fourth-order valence-electron chi connectivity index (χ4n) is 0.880. The molecule has 1 atom stereocenters. The first-order chi connectivity index (χ1) is 5.18. The maximum Gasteiger partial charge on any atom is 0.306 e. The van der Waals surface area contributed by atoms with E-state index in [9.17, 15) is 4.79 Å². The van der Waals surface area contributed by atoms with E-state index in [1.807, 2.05) is 6.92 Å². The van der Waals surface area contributed by atoms with Crippen molar-refractivity contribution in [2.75, 3.05) is 6.54 Å². The molecule has 0 aromatic carbocycles. The van der Waals surface area contributed by atoms with Gasteiger partial charge < -0.3 is 5.11 Å². The van der Waals surface area contributed by atoms with Crippen LogP contribution in [0.3, 0.4) is 0 Å². The van der Waals surface area contributed by atoms with Crippen molar-refractivity contribution in [1.82, 2.24) is 5.32 Å². The Labute approximate surface area is 65.8 Å². The zero-order valence-corrected chi connectivity index (χ0v) is 6.48. The Bertz CT molecular complexity index is 220. The lowest BCUT2D eigenvalue weighted by atomic mass is 10.1.